The van der Waals surface area contributed by atoms with Gasteiger partial charge in [-0.3, -0.25) is 19.7 Å². The number of carbonyl (C=O) groups is 3. The van der Waals surface area contributed by atoms with Crippen molar-refractivity contribution in [2.24, 2.45) is 34.5 Å². The zero-order valence-electron chi connectivity index (χ0n) is 16.2. The summed E-state index contributed by atoms with van der Waals surface area (Å²) in [4.78, 5) is 36.0. The highest BCUT2D eigenvalue weighted by molar-refractivity contribution is 6.01. The van der Waals surface area contributed by atoms with Crippen molar-refractivity contribution in [3.8, 4) is 0 Å². The Morgan fingerprint density at radius 1 is 1.08 bits per heavy atom. The number of fused-ring (bicyclic) bond motifs is 5. The van der Waals surface area contributed by atoms with E-state index in [1.807, 2.05) is 0 Å². The minimum atomic E-state index is -0.382. The molecule has 1 heterocycles. The SMILES string of the molecule is CC(=O)O[C@@H]1CC[C@@]2(C)[C@@H](CC[C@@H]3[C@H]2CC[C@]2(C)C(=O)NC(=O)C[C@@H]32)C1. The van der Waals surface area contributed by atoms with E-state index < -0.39 is 0 Å². The minimum absolute atomic E-state index is 0.0527. The molecule has 2 amide bonds. The molecule has 0 bridgehead atoms. The third-order valence-corrected chi connectivity index (χ3v) is 8.52. The molecule has 4 aliphatic rings. The molecule has 144 valence electrons. The van der Waals surface area contributed by atoms with Crippen LogP contribution in [0.25, 0.3) is 0 Å². The van der Waals surface area contributed by atoms with E-state index in [2.05, 4.69) is 19.2 Å². The quantitative estimate of drug-likeness (QED) is 0.575. The molecule has 26 heavy (non-hydrogen) atoms. The first kappa shape index (κ1) is 18.0. The molecule has 0 unspecified atom stereocenters. The monoisotopic (exact) mass is 361 g/mol. The maximum Gasteiger partial charge on any atom is 0.302 e. The van der Waals surface area contributed by atoms with Gasteiger partial charge in [-0.1, -0.05) is 13.8 Å². The summed E-state index contributed by atoms with van der Waals surface area (Å²) in [7, 11) is 0. The number of amides is 2. The van der Waals surface area contributed by atoms with Crippen molar-refractivity contribution >= 4 is 17.8 Å². The lowest BCUT2D eigenvalue weighted by atomic mass is 9.44. The summed E-state index contributed by atoms with van der Waals surface area (Å²) in [5, 5.41) is 2.58. The van der Waals surface area contributed by atoms with Gasteiger partial charge in [0.2, 0.25) is 11.8 Å². The first-order valence-corrected chi connectivity index (χ1v) is 10.3. The summed E-state index contributed by atoms with van der Waals surface area (Å²) >= 11 is 0. The van der Waals surface area contributed by atoms with Crippen LogP contribution < -0.4 is 5.32 Å². The average Bonchev–Trinajstić information content (AvgIpc) is 2.56. The first-order valence-electron chi connectivity index (χ1n) is 10.3. The maximum atomic E-state index is 12.6. The van der Waals surface area contributed by atoms with Gasteiger partial charge >= 0.3 is 5.97 Å². The normalized spacial score (nSPS) is 47.9. The predicted octanol–water partition coefficient (Wildman–Crippen LogP) is 3.21. The highest BCUT2D eigenvalue weighted by Gasteiger charge is 2.60. The third-order valence-electron chi connectivity index (χ3n) is 8.52. The number of hydrogen-bond donors (Lipinski definition) is 1. The summed E-state index contributed by atoms with van der Waals surface area (Å²) < 4.78 is 5.51. The molecule has 3 saturated carbocycles. The number of esters is 1. The molecule has 7 atom stereocenters. The Labute approximate surface area is 155 Å². The van der Waals surface area contributed by atoms with Crippen LogP contribution in [0.5, 0.6) is 0 Å². The second kappa shape index (κ2) is 6.07. The molecule has 5 nitrogen and oxygen atoms in total. The van der Waals surface area contributed by atoms with E-state index in [1.54, 1.807) is 0 Å². The lowest BCUT2D eigenvalue weighted by Gasteiger charge is -2.61. The third kappa shape index (κ3) is 2.61. The lowest BCUT2D eigenvalue weighted by Crippen LogP contribution is -2.61. The topological polar surface area (TPSA) is 72.5 Å². The number of carbonyl (C=O) groups excluding carboxylic acids is 3. The van der Waals surface area contributed by atoms with Gasteiger partial charge in [-0.25, -0.2) is 0 Å². The van der Waals surface area contributed by atoms with Gasteiger partial charge in [0, 0.05) is 13.3 Å². The van der Waals surface area contributed by atoms with Crippen LogP contribution in [0.4, 0.5) is 0 Å². The van der Waals surface area contributed by atoms with Crippen LogP contribution in [-0.4, -0.2) is 23.9 Å². The fourth-order valence-electron chi connectivity index (χ4n) is 7.06. The van der Waals surface area contributed by atoms with Crippen molar-refractivity contribution in [3.05, 3.63) is 0 Å². The molecule has 0 spiro atoms. The highest BCUT2D eigenvalue weighted by Crippen LogP contribution is 2.64. The molecule has 0 radical (unpaired) electrons. The second-order valence-corrected chi connectivity index (χ2v) is 9.70. The van der Waals surface area contributed by atoms with Crippen LogP contribution in [0.15, 0.2) is 0 Å². The Hall–Kier alpha value is -1.39. The highest BCUT2D eigenvalue weighted by atomic mass is 16.5. The number of ether oxygens (including phenoxy) is 1. The molecule has 1 aliphatic heterocycles. The van der Waals surface area contributed by atoms with E-state index in [0.29, 0.717) is 24.2 Å². The number of hydrogen-bond acceptors (Lipinski definition) is 4. The molecule has 5 heteroatoms. The zero-order valence-corrected chi connectivity index (χ0v) is 16.2. The number of imide groups is 1. The van der Waals surface area contributed by atoms with Crippen molar-refractivity contribution in [3.63, 3.8) is 0 Å². The van der Waals surface area contributed by atoms with E-state index in [-0.39, 0.29) is 40.6 Å². The largest absolute Gasteiger partial charge is 0.463 e. The summed E-state index contributed by atoms with van der Waals surface area (Å²) in [6.45, 7) is 5.99. The lowest BCUT2D eigenvalue weighted by molar-refractivity contribution is -0.170. The van der Waals surface area contributed by atoms with E-state index in [4.69, 9.17) is 4.74 Å². The van der Waals surface area contributed by atoms with E-state index >= 15 is 0 Å². The molecule has 0 aromatic carbocycles. The number of rotatable bonds is 1. The van der Waals surface area contributed by atoms with Crippen LogP contribution >= 0.6 is 0 Å². The van der Waals surface area contributed by atoms with Gasteiger partial charge in [0.05, 0.1) is 5.41 Å². The van der Waals surface area contributed by atoms with Gasteiger partial charge in [-0.05, 0) is 74.0 Å². The summed E-state index contributed by atoms with van der Waals surface area (Å²) in [6, 6.07) is 0. The predicted molar refractivity (Wildman–Crippen MR) is 95.8 cm³/mol. The molecular weight excluding hydrogens is 330 g/mol. The van der Waals surface area contributed by atoms with Gasteiger partial charge < -0.3 is 4.74 Å². The van der Waals surface area contributed by atoms with Gasteiger partial charge in [-0.15, -0.1) is 0 Å². The Balaban J connectivity index is 1.57. The molecule has 1 N–H and O–H groups in total. The zero-order chi connectivity index (χ0) is 18.7. The van der Waals surface area contributed by atoms with Crippen molar-refractivity contribution in [1.29, 1.82) is 0 Å². The fourth-order valence-corrected chi connectivity index (χ4v) is 7.06. The molecule has 0 aromatic heterocycles. The molecule has 3 aliphatic carbocycles. The van der Waals surface area contributed by atoms with Crippen LogP contribution in [0.2, 0.25) is 0 Å². The van der Waals surface area contributed by atoms with Crippen molar-refractivity contribution in [2.75, 3.05) is 0 Å². The van der Waals surface area contributed by atoms with Gasteiger partial charge in [0.25, 0.3) is 0 Å². The average molecular weight is 361 g/mol. The molecule has 1 saturated heterocycles. The molecule has 4 fully saturated rings. The molecule has 4 rings (SSSR count). The van der Waals surface area contributed by atoms with E-state index in [0.717, 1.165) is 44.9 Å². The Bertz CT molecular complexity index is 646. The van der Waals surface area contributed by atoms with Crippen LogP contribution in [-0.2, 0) is 19.1 Å². The standard InChI is InChI=1S/C21H31NO4/c1-12(23)26-14-6-8-20(2)13(10-14)4-5-15-16(20)7-9-21(3)17(15)11-18(24)22-19(21)25/h13-17H,4-11H2,1-3H3,(H,22,24,25)/t13-,14+,15+,16+,17-,20-,21-/m0/s1. The van der Waals surface area contributed by atoms with Gasteiger partial charge in [0.15, 0.2) is 0 Å². The summed E-state index contributed by atoms with van der Waals surface area (Å²) in [5.74, 6) is 1.50. The maximum absolute atomic E-state index is 12.6. The van der Waals surface area contributed by atoms with Crippen LogP contribution in [0.1, 0.15) is 72.1 Å². The number of piperidine rings is 1. The Morgan fingerprint density at radius 3 is 2.58 bits per heavy atom. The van der Waals surface area contributed by atoms with Gasteiger partial charge in [-0.2, -0.15) is 0 Å². The first-order chi connectivity index (χ1) is 12.2. The Kier molecular flexibility index (Phi) is 4.20. The van der Waals surface area contributed by atoms with Crippen molar-refractivity contribution in [2.45, 2.75) is 78.2 Å². The van der Waals surface area contributed by atoms with Crippen molar-refractivity contribution in [1.82, 2.24) is 5.32 Å². The second-order valence-electron chi connectivity index (χ2n) is 9.70. The van der Waals surface area contributed by atoms with Crippen LogP contribution in [0.3, 0.4) is 0 Å². The van der Waals surface area contributed by atoms with Gasteiger partial charge in [0.1, 0.15) is 6.10 Å². The molecule has 0 aromatic rings. The Morgan fingerprint density at radius 2 is 1.85 bits per heavy atom. The minimum Gasteiger partial charge on any atom is -0.463 e. The fraction of sp³-hybridized carbons (Fsp3) is 0.857. The molecular formula is C21H31NO4. The number of nitrogens with one attached hydrogen (secondary N) is 1. The van der Waals surface area contributed by atoms with Crippen molar-refractivity contribution < 1.29 is 19.1 Å². The van der Waals surface area contributed by atoms with E-state index in [1.165, 1.54) is 6.92 Å². The summed E-state index contributed by atoms with van der Waals surface area (Å²) in [6.07, 6.45) is 7.74. The summed E-state index contributed by atoms with van der Waals surface area (Å²) in [5.41, 5.74) is -0.134. The smallest absolute Gasteiger partial charge is 0.302 e. The van der Waals surface area contributed by atoms with Crippen LogP contribution in [0, 0.1) is 34.5 Å². The van der Waals surface area contributed by atoms with E-state index in [9.17, 15) is 14.4 Å².